The monoisotopic (exact) mass is 467 g/mol. The van der Waals surface area contributed by atoms with E-state index in [1.807, 2.05) is 42.5 Å². The van der Waals surface area contributed by atoms with Crippen molar-refractivity contribution in [2.24, 2.45) is 7.05 Å². The Kier molecular flexibility index (Phi) is 4.55. The van der Waals surface area contributed by atoms with Gasteiger partial charge < -0.3 is 9.64 Å². The molecule has 7 nitrogen and oxygen atoms in total. The lowest BCUT2D eigenvalue weighted by molar-refractivity contribution is -0.189. The number of hydrogen-bond acceptors (Lipinski definition) is 5. The van der Waals surface area contributed by atoms with E-state index in [4.69, 9.17) is 4.74 Å². The van der Waals surface area contributed by atoms with Gasteiger partial charge in [-0.15, -0.1) is 5.10 Å². The van der Waals surface area contributed by atoms with Crippen molar-refractivity contribution in [1.82, 2.24) is 25.1 Å². The minimum Gasteiger partial charge on any atom is -0.456 e. The van der Waals surface area contributed by atoms with E-state index in [0.29, 0.717) is 43.0 Å². The van der Waals surface area contributed by atoms with Crippen LogP contribution in [0.15, 0.2) is 48.0 Å². The molecule has 0 aliphatic carbocycles. The molecule has 0 saturated carbocycles. The Labute approximate surface area is 192 Å². The Morgan fingerprint density at radius 1 is 1.03 bits per heavy atom. The van der Waals surface area contributed by atoms with Crippen molar-refractivity contribution in [3.63, 3.8) is 0 Å². The summed E-state index contributed by atoms with van der Waals surface area (Å²) in [6.07, 6.45) is -2.88. The van der Waals surface area contributed by atoms with Gasteiger partial charge in [-0.1, -0.05) is 29.8 Å². The Bertz CT molecular complexity index is 1330. The molecular weight excluding hydrogens is 447 g/mol. The van der Waals surface area contributed by atoms with Gasteiger partial charge in [-0.25, -0.2) is 4.68 Å². The summed E-state index contributed by atoms with van der Waals surface area (Å²) < 4.78 is 47.4. The first-order chi connectivity index (χ1) is 16.3. The molecule has 2 fully saturated rings. The first-order valence-electron chi connectivity index (χ1n) is 11.1. The van der Waals surface area contributed by atoms with E-state index in [-0.39, 0.29) is 0 Å². The molecule has 2 aromatic carbocycles. The van der Waals surface area contributed by atoms with Crippen LogP contribution in [0.25, 0.3) is 17.0 Å². The van der Waals surface area contributed by atoms with Gasteiger partial charge in [0.1, 0.15) is 11.5 Å². The van der Waals surface area contributed by atoms with Gasteiger partial charge >= 0.3 is 12.1 Å². The van der Waals surface area contributed by atoms with Crippen molar-refractivity contribution >= 4 is 11.5 Å². The summed E-state index contributed by atoms with van der Waals surface area (Å²) in [7, 11) is 1.75. The largest absolute Gasteiger partial charge is 0.471 e. The highest BCUT2D eigenvalue weighted by Crippen LogP contribution is 2.50. The number of fused-ring (bicyclic) bond motifs is 4. The number of carbonyl (C=O) groups excluding carboxylic acids is 1. The number of benzene rings is 2. The Morgan fingerprint density at radius 2 is 1.74 bits per heavy atom. The van der Waals surface area contributed by atoms with E-state index in [1.165, 1.54) is 0 Å². The normalized spacial score (nSPS) is 21.2. The topological polar surface area (TPSA) is 73.1 Å². The maximum absolute atomic E-state index is 13.2. The van der Waals surface area contributed by atoms with Gasteiger partial charge in [-0.05, 0) is 59.9 Å². The van der Waals surface area contributed by atoms with Crippen LogP contribution in [0.4, 0.5) is 13.2 Å². The summed E-state index contributed by atoms with van der Waals surface area (Å²) in [5, 5.41) is 11.6. The van der Waals surface area contributed by atoms with E-state index in [0.717, 1.165) is 32.7 Å². The summed E-state index contributed by atoms with van der Waals surface area (Å²) in [4.78, 5) is 13.2. The average Bonchev–Trinajstić information content (AvgIpc) is 3.35. The summed E-state index contributed by atoms with van der Waals surface area (Å²) in [6.45, 7) is 0. The predicted octanol–water partition coefficient (Wildman–Crippen LogP) is 4.50. The smallest absolute Gasteiger partial charge is 0.456 e. The zero-order valence-corrected chi connectivity index (χ0v) is 18.2. The summed E-state index contributed by atoms with van der Waals surface area (Å²) in [5.41, 5.74) is 4.62. The quantitative estimate of drug-likeness (QED) is 0.412. The second-order valence-electron chi connectivity index (χ2n) is 8.92. The highest BCUT2D eigenvalue weighted by atomic mass is 19.4. The molecule has 2 atom stereocenters. The van der Waals surface area contributed by atoms with Crippen LogP contribution >= 0.6 is 0 Å². The van der Waals surface area contributed by atoms with Gasteiger partial charge in [-0.2, -0.15) is 13.2 Å². The van der Waals surface area contributed by atoms with E-state index in [9.17, 15) is 18.0 Å². The van der Waals surface area contributed by atoms with Crippen molar-refractivity contribution in [2.75, 3.05) is 0 Å². The summed E-state index contributed by atoms with van der Waals surface area (Å²) in [6, 6.07) is 12.5. The maximum Gasteiger partial charge on any atom is 0.471 e. The lowest BCUT2D eigenvalue weighted by Crippen LogP contribution is -2.50. The lowest BCUT2D eigenvalue weighted by atomic mass is 9.83. The second kappa shape index (κ2) is 7.41. The zero-order chi connectivity index (χ0) is 23.6. The molecule has 6 rings (SSSR count). The van der Waals surface area contributed by atoms with Gasteiger partial charge in [0.2, 0.25) is 0 Å². The first-order valence-corrected chi connectivity index (χ1v) is 11.1. The molecule has 3 aliphatic rings. The third-order valence-corrected chi connectivity index (χ3v) is 6.92. The van der Waals surface area contributed by atoms with E-state index in [1.54, 1.807) is 11.7 Å². The molecule has 2 bridgehead atoms. The molecule has 1 aromatic heterocycles. The fourth-order valence-electron chi connectivity index (χ4n) is 5.53. The number of nitrogens with zero attached hydrogens (tertiary/aromatic N) is 5. The number of rotatable bonds is 1. The number of para-hydroxylation sites is 1. The van der Waals surface area contributed by atoms with Gasteiger partial charge in [0.25, 0.3) is 0 Å². The highest BCUT2D eigenvalue weighted by Gasteiger charge is 2.51. The molecule has 0 spiro atoms. The number of tetrazole rings is 1. The minimum absolute atomic E-state index is 0.413. The van der Waals surface area contributed by atoms with Gasteiger partial charge in [0, 0.05) is 35.8 Å². The average molecular weight is 467 g/mol. The molecule has 1 amide bonds. The number of piperidine rings is 1. The molecule has 2 saturated heterocycles. The number of aryl methyl sites for hydroxylation is 1. The number of aromatic nitrogens is 4. The Hall–Kier alpha value is -3.69. The van der Waals surface area contributed by atoms with Crippen LogP contribution in [-0.2, 0) is 11.8 Å². The number of ether oxygens (including phenoxy) is 1. The first kappa shape index (κ1) is 20.9. The van der Waals surface area contributed by atoms with Crippen LogP contribution in [0.1, 0.15) is 36.8 Å². The number of halogens is 3. The van der Waals surface area contributed by atoms with Crippen LogP contribution in [0.3, 0.4) is 0 Å². The fraction of sp³-hybridized carbons (Fsp3) is 0.333. The number of alkyl halides is 3. The SMILES string of the molecule is Cn1nnnc1-c1ccc2c(c1)Oc1ccccc1C2=C1CC2CCC(C1)N2C(=O)C(F)(F)F. The third-order valence-electron chi connectivity index (χ3n) is 6.92. The highest BCUT2D eigenvalue weighted by molar-refractivity contribution is 5.91. The molecule has 10 heteroatoms. The molecule has 2 unspecified atom stereocenters. The maximum atomic E-state index is 13.2. The number of amides is 1. The van der Waals surface area contributed by atoms with Gasteiger partial charge in [-0.3, -0.25) is 4.79 Å². The van der Waals surface area contributed by atoms with E-state index in [2.05, 4.69) is 15.5 Å². The van der Waals surface area contributed by atoms with Crippen molar-refractivity contribution in [3.8, 4) is 22.9 Å². The molecule has 34 heavy (non-hydrogen) atoms. The number of hydrogen-bond donors (Lipinski definition) is 0. The minimum atomic E-state index is -4.85. The number of carbonyl (C=O) groups is 1. The van der Waals surface area contributed by atoms with Crippen LogP contribution in [0.2, 0.25) is 0 Å². The van der Waals surface area contributed by atoms with Gasteiger partial charge in [0.15, 0.2) is 5.82 Å². The Morgan fingerprint density at radius 3 is 2.41 bits per heavy atom. The van der Waals surface area contributed by atoms with Crippen LogP contribution in [0.5, 0.6) is 11.5 Å². The fourth-order valence-corrected chi connectivity index (χ4v) is 5.53. The molecule has 3 aromatic rings. The summed E-state index contributed by atoms with van der Waals surface area (Å²) in [5.74, 6) is 0.199. The molecule has 0 N–H and O–H groups in total. The standard InChI is InChI=1S/C24H20F3N5O2/c1-31-22(28-29-30-31)13-6-9-18-20(12-13)34-19-5-3-2-4-17(19)21(18)14-10-15-7-8-16(11-14)32(15)23(33)24(25,26)27/h2-6,9,12,15-16H,7-8,10-11H2,1H3. The second-order valence-corrected chi connectivity index (χ2v) is 8.92. The van der Waals surface area contributed by atoms with E-state index >= 15 is 0 Å². The molecule has 0 radical (unpaired) electrons. The van der Waals surface area contributed by atoms with Crippen LogP contribution < -0.4 is 4.74 Å². The molecule has 4 heterocycles. The molecular formula is C24H20F3N5O2. The van der Waals surface area contributed by atoms with Crippen LogP contribution in [0, 0.1) is 0 Å². The third kappa shape index (κ3) is 3.19. The van der Waals surface area contributed by atoms with Gasteiger partial charge in [0.05, 0.1) is 0 Å². The van der Waals surface area contributed by atoms with E-state index < -0.39 is 24.2 Å². The molecule has 174 valence electrons. The predicted molar refractivity (Wildman–Crippen MR) is 116 cm³/mol. The molecule has 3 aliphatic heterocycles. The van der Waals surface area contributed by atoms with Crippen molar-refractivity contribution in [2.45, 2.75) is 43.9 Å². The Balaban J connectivity index is 1.45. The summed E-state index contributed by atoms with van der Waals surface area (Å²) >= 11 is 0. The zero-order valence-electron chi connectivity index (χ0n) is 18.2. The van der Waals surface area contributed by atoms with Crippen LogP contribution in [-0.4, -0.2) is 49.3 Å². The van der Waals surface area contributed by atoms with Crippen molar-refractivity contribution in [1.29, 1.82) is 0 Å². The lowest BCUT2D eigenvalue weighted by Gasteiger charge is -2.38. The van der Waals surface area contributed by atoms with Crippen molar-refractivity contribution < 1.29 is 22.7 Å². The van der Waals surface area contributed by atoms with Crippen molar-refractivity contribution in [3.05, 3.63) is 59.2 Å².